The van der Waals surface area contributed by atoms with Crippen molar-refractivity contribution < 1.29 is 33.4 Å². The van der Waals surface area contributed by atoms with Crippen molar-refractivity contribution in [3.8, 4) is 11.5 Å². The SMILES string of the molecule is CCCC[C@H](CC(=O)[C@H](CC(C)C)NC(=O)[C@@H](CC(C)=O)CC(C)C)C(=O)NCCCCCCCC(=O)COc1c(C)cc(Cc2cnc(N)nc2N)cc1OC. The van der Waals surface area contributed by atoms with Crippen LogP contribution in [0.3, 0.4) is 0 Å². The fraction of sp³-hybridized carbons (Fsp3) is 0.659. The van der Waals surface area contributed by atoms with Crippen LogP contribution in [0.25, 0.3) is 0 Å². The summed E-state index contributed by atoms with van der Waals surface area (Å²) in [5.74, 6) is 0.357. The number of ketones is 3. The van der Waals surface area contributed by atoms with Gasteiger partial charge in [-0.05, 0) is 75.0 Å². The number of methoxy groups -OCH3 is 1. The number of anilines is 2. The molecule has 57 heavy (non-hydrogen) atoms. The van der Waals surface area contributed by atoms with E-state index in [1.165, 1.54) is 6.92 Å². The average Bonchev–Trinajstić information content (AvgIpc) is 3.13. The number of nitrogens with two attached hydrogens (primary N) is 2. The minimum Gasteiger partial charge on any atom is -0.493 e. The highest BCUT2D eigenvalue weighted by Gasteiger charge is 2.30. The Bertz CT molecular complexity index is 1610. The van der Waals surface area contributed by atoms with Crippen LogP contribution in [0.1, 0.15) is 142 Å². The normalized spacial score (nSPS) is 12.9. The lowest BCUT2D eigenvalue weighted by atomic mass is 9.88. The number of nitrogens with one attached hydrogen (secondary N) is 2. The van der Waals surface area contributed by atoms with E-state index in [1.54, 1.807) is 13.3 Å². The Balaban J connectivity index is 1.79. The van der Waals surface area contributed by atoms with Gasteiger partial charge in [-0.3, -0.25) is 19.2 Å². The van der Waals surface area contributed by atoms with Gasteiger partial charge in [-0.1, -0.05) is 72.8 Å². The molecule has 13 nitrogen and oxygen atoms in total. The molecule has 1 aromatic heterocycles. The summed E-state index contributed by atoms with van der Waals surface area (Å²) in [6.45, 7) is 13.9. The van der Waals surface area contributed by atoms with Crippen LogP contribution in [0.2, 0.25) is 0 Å². The Labute approximate surface area is 340 Å². The van der Waals surface area contributed by atoms with Gasteiger partial charge in [0.25, 0.3) is 0 Å². The maximum atomic E-state index is 13.6. The summed E-state index contributed by atoms with van der Waals surface area (Å²) < 4.78 is 11.5. The van der Waals surface area contributed by atoms with Gasteiger partial charge in [0.05, 0.1) is 13.2 Å². The quantitative estimate of drug-likeness (QED) is 0.0624. The van der Waals surface area contributed by atoms with Crippen LogP contribution >= 0.6 is 0 Å². The lowest BCUT2D eigenvalue weighted by molar-refractivity contribution is -0.134. The Morgan fingerprint density at radius 1 is 0.860 bits per heavy atom. The molecule has 2 amide bonds. The monoisotopic (exact) mass is 795 g/mol. The molecule has 0 aliphatic heterocycles. The summed E-state index contributed by atoms with van der Waals surface area (Å²) in [6, 6.07) is 3.11. The number of ether oxygens (including phenoxy) is 2. The summed E-state index contributed by atoms with van der Waals surface area (Å²) in [6.07, 6.45) is 10.3. The first-order valence-corrected chi connectivity index (χ1v) is 20.8. The van der Waals surface area contributed by atoms with Gasteiger partial charge in [0.1, 0.15) is 18.2 Å². The summed E-state index contributed by atoms with van der Waals surface area (Å²) in [5.41, 5.74) is 14.1. The van der Waals surface area contributed by atoms with Crippen LogP contribution in [-0.4, -0.2) is 65.4 Å². The molecule has 6 N–H and O–H groups in total. The zero-order chi connectivity index (χ0) is 42.5. The Morgan fingerprint density at radius 3 is 2.18 bits per heavy atom. The fourth-order valence-electron chi connectivity index (χ4n) is 6.99. The molecule has 2 rings (SSSR count). The molecule has 1 heterocycles. The molecule has 0 aliphatic rings. The van der Waals surface area contributed by atoms with Gasteiger partial charge >= 0.3 is 0 Å². The summed E-state index contributed by atoms with van der Waals surface area (Å²) >= 11 is 0. The lowest BCUT2D eigenvalue weighted by Crippen LogP contribution is -2.46. The van der Waals surface area contributed by atoms with E-state index in [1.807, 2.05) is 46.8 Å². The molecule has 0 spiro atoms. The number of unbranched alkanes of at least 4 members (excludes halogenated alkanes) is 5. The summed E-state index contributed by atoms with van der Waals surface area (Å²) in [7, 11) is 1.56. The van der Waals surface area contributed by atoms with Gasteiger partial charge in [-0.2, -0.15) is 4.98 Å². The number of rotatable bonds is 29. The smallest absolute Gasteiger partial charge is 0.224 e. The van der Waals surface area contributed by atoms with E-state index >= 15 is 0 Å². The van der Waals surface area contributed by atoms with Crippen LogP contribution in [0.4, 0.5) is 11.8 Å². The van der Waals surface area contributed by atoms with Crippen molar-refractivity contribution in [1.29, 1.82) is 0 Å². The minimum absolute atomic E-state index is 0.00823. The molecule has 3 atom stereocenters. The summed E-state index contributed by atoms with van der Waals surface area (Å²) in [5, 5.41) is 6.00. The predicted octanol–water partition coefficient (Wildman–Crippen LogP) is 6.89. The van der Waals surface area contributed by atoms with Crippen molar-refractivity contribution in [2.45, 2.75) is 144 Å². The standard InChI is InChI=1S/C44H70N6O7/c1-9-10-16-33(25-38(53)37(20-29(4)5)49-43(55)34(19-28(2)3)22-31(7)51)42(54)47-18-15-13-11-12-14-17-36(52)27-57-40-30(6)21-32(24-39(40)56-8)23-35-26-48-44(46)50-41(35)45/h21,24,26,28-29,33-34,37H,9-20,22-23,25,27H2,1-8H3,(H,47,54)(H,49,55)(H4,45,46,48,50)/t33-,34-,37+/m1/s1. The number of benzene rings is 1. The van der Waals surface area contributed by atoms with Crippen molar-refractivity contribution in [2.24, 2.45) is 23.7 Å². The van der Waals surface area contributed by atoms with E-state index in [2.05, 4.69) is 27.5 Å². The molecule has 0 unspecified atom stereocenters. The molecular formula is C44H70N6O7. The number of aromatic nitrogens is 2. The van der Waals surface area contributed by atoms with E-state index in [0.29, 0.717) is 56.0 Å². The van der Waals surface area contributed by atoms with E-state index in [4.69, 9.17) is 20.9 Å². The second kappa shape index (κ2) is 25.7. The molecule has 318 valence electrons. The van der Waals surface area contributed by atoms with Gasteiger partial charge in [-0.25, -0.2) is 4.98 Å². The van der Waals surface area contributed by atoms with E-state index in [-0.39, 0.29) is 66.4 Å². The topological polar surface area (TPSA) is 206 Å². The number of hydrogen-bond acceptors (Lipinski definition) is 11. The maximum absolute atomic E-state index is 13.6. The Morgan fingerprint density at radius 2 is 1.54 bits per heavy atom. The number of carbonyl (C=O) groups excluding carboxylic acids is 5. The number of carbonyl (C=O) groups is 5. The minimum atomic E-state index is -0.698. The number of hydrogen-bond donors (Lipinski definition) is 4. The molecule has 1 aromatic carbocycles. The highest BCUT2D eigenvalue weighted by atomic mass is 16.5. The van der Waals surface area contributed by atoms with Gasteiger partial charge < -0.3 is 36.4 Å². The average molecular weight is 795 g/mol. The van der Waals surface area contributed by atoms with Crippen molar-refractivity contribution in [3.63, 3.8) is 0 Å². The lowest BCUT2D eigenvalue weighted by Gasteiger charge is -2.25. The third kappa shape index (κ3) is 18.5. The highest BCUT2D eigenvalue weighted by molar-refractivity contribution is 5.93. The second-order valence-electron chi connectivity index (χ2n) is 16.3. The van der Waals surface area contributed by atoms with E-state index < -0.39 is 17.9 Å². The van der Waals surface area contributed by atoms with Gasteiger partial charge in [0.15, 0.2) is 23.1 Å². The third-order valence-corrected chi connectivity index (χ3v) is 9.94. The van der Waals surface area contributed by atoms with Crippen molar-refractivity contribution in [2.75, 3.05) is 31.7 Å². The van der Waals surface area contributed by atoms with Gasteiger partial charge in [0, 0.05) is 55.8 Å². The Hall–Kier alpha value is -4.55. The van der Waals surface area contributed by atoms with Crippen molar-refractivity contribution >= 4 is 40.9 Å². The molecule has 0 bridgehead atoms. The third-order valence-electron chi connectivity index (χ3n) is 9.94. The van der Waals surface area contributed by atoms with Crippen LogP contribution in [0.15, 0.2) is 18.3 Å². The van der Waals surface area contributed by atoms with Crippen molar-refractivity contribution in [3.05, 3.63) is 35.0 Å². The first-order valence-electron chi connectivity index (χ1n) is 20.8. The molecule has 2 aromatic rings. The Kier molecular flexibility index (Phi) is 21.9. The largest absolute Gasteiger partial charge is 0.493 e. The first kappa shape index (κ1) is 48.6. The second-order valence-corrected chi connectivity index (χ2v) is 16.3. The highest BCUT2D eigenvalue weighted by Crippen LogP contribution is 2.33. The first-order chi connectivity index (χ1) is 27.0. The van der Waals surface area contributed by atoms with E-state index in [9.17, 15) is 24.0 Å². The zero-order valence-electron chi connectivity index (χ0n) is 35.8. The summed E-state index contributed by atoms with van der Waals surface area (Å²) in [4.78, 5) is 72.8. The van der Waals surface area contributed by atoms with Crippen LogP contribution in [-0.2, 0) is 30.4 Å². The van der Waals surface area contributed by atoms with Crippen LogP contribution in [0, 0.1) is 30.6 Å². The fourth-order valence-corrected chi connectivity index (χ4v) is 6.99. The molecule has 0 aliphatic carbocycles. The number of amides is 2. The van der Waals surface area contributed by atoms with Crippen LogP contribution in [0.5, 0.6) is 11.5 Å². The molecule has 0 saturated carbocycles. The molecular weight excluding hydrogens is 725 g/mol. The molecule has 13 heteroatoms. The van der Waals surface area contributed by atoms with Gasteiger partial charge in [0.2, 0.25) is 17.8 Å². The predicted molar refractivity (Wildman–Crippen MR) is 225 cm³/mol. The number of nitrogens with zero attached hydrogens (tertiary/aromatic N) is 2. The maximum Gasteiger partial charge on any atom is 0.224 e. The molecule has 0 saturated heterocycles. The number of nitrogen functional groups attached to an aromatic ring is 2. The number of aryl methyl sites for hydroxylation is 1. The van der Waals surface area contributed by atoms with E-state index in [0.717, 1.165) is 61.6 Å². The molecule has 0 radical (unpaired) electrons. The molecule has 0 fully saturated rings. The van der Waals surface area contributed by atoms with Gasteiger partial charge in [-0.15, -0.1) is 0 Å². The van der Waals surface area contributed by atoms with Crippen LogP contribution < -0.4 is 31.6 Å². The zero-order valence-corrected chi connectivity index (χ0v) is 35.8. The number of Topliss-reactive ketones (excluding diaryl/α,β-unsaturated/α-hetero) is 3. The van der Waals surface area contributed by atoms with Crippen molar-refractivity contribution in [1.82, 2.24) is 20.6 Å².